The molecule has 185 valence electrons. The quantitative estimate of drug-likeness (QED) is 0.159. The summed E-state index contributed by atoms with van der Waals surface area (Å²) >= 11 is 3.02. The van der Waals surface area contributed by atoms with Gasteiger partial charge in [-0.25, -0.2) is 0 Å². The molecule has 0 aliphatic heterocycles. The van der Waals surface area contributed by atoms with Crippen LogP contribution >= 0.6 is 0 Å². The summed E-state index contributed by atoms with van der Waals surface area (Å²) in [5.74, 6) is -0.0431. The average molecular weight is 574 g/mol. The fourth-order valence-electron chi connectivity index (χ4n) is 3.11. The van der Waals surface area contributed by atoms with Gasteiger partial charge in [-0.05, 0) is 23.3 Å². The summed E-state index contributed by atoms with van der Waals surface area (Å²) in [5.41, 5.74) is 4.07. The van der Waals surface area contributed by atoms with Crippen molar-refractivity contribution >= 4 is 35.9 Å². The fourth-order valence-corrected chi connectivity index (χ4v) is 3.50. The van der Waals surface area contributed by atoms with Crippen LogP contribution in [0.15, 0.2) is 144 Å². The summed E-state index contributed by atoms with van der Waals surface area (Å²) in [6.07, 6.45) is 12.0. The molecule has 0 aliphatic rings. The number of ketones is 2. The Morgan fingerprint density at radius 1 is 0.459 bits per heavy atom. The number of rotatable bonds is 8. The summed E-state index contributed by atoms with van der Waals surface area (Å²) in [4.78, 5) is 23.5. The van der Waals surface area contributed by atoms with Crippen LogP contribution in [0.5, 0.6) is 0 Å². The van der Waals surface area contributed by atoms with Gasteiger partial charge in [-0.2, -0.15) is 0 Å². The van der Waals surface area contributed by atoms with Gasteiger partial charge in [0.05, 0.1) is 0 Å². The van der Waals surface area contributed by atoms with Crippen molar-refractivity contribution in [2.45, 2.75) is 0 Å². The molecule has 0 amide bonds. The molecule has 2 nitrogen and oxygen atoms in total. The van der Waals surface area contributed by atoms with Crippen molar-refractivity contribution in [1.82, 2.24) is 0 Å². The maximum atomic E-state index is 11.9. The molecule has 0 aliphatic carbocycles. The van der Waals surface area contributed by atoms with Gasteiger partial charge in [0, 0.05) is 0 Å². The van der Waals surface area contributed by atoms with Crippen molar-refractivity contribution in [3.8, 4) is 0 Å². The number of benzene rings is 4. The minimum atomic E-state index is -0.0318. The first-order valence-corrected chi connectivity index (χ1v) is 12.5. The second-order valence-corrected chi connectivity index (χ2v) is 8.71. The molecule has 4 aromatic carbocycles. The van der Waals surface area contributed by atoms with Crippen molar-refractivity contribution in [1.29, 1.82) is 0 Å². The van der Waals surface area contributed by atoms with E-state index in [2.05, 4.69) is 19.2 Å². The van der Waals surface area contributed by atoms with E-state index in [1.165, 1.54) is 0 Å². The van der Waals surface area contributed by atoms with Crippen LogP contribution in [-0.4, -0.2) is 11.6 Å². The topological polar surface area (TPSA) is 34.1 Å². The predicted octanol–water partition coefficient (Wildman–Crippen LogP) is 7.84. The standard InChI is InChI=1S/C17H14O.C17H13O.Pd/c2*18-17(13-11-15-7-3-1-4-8-15)14-12-16-9-5-2-6-10-16;/h1-14H;1-13H;. The van der Waals surface area contributed by atoms with Crippen LogP contribution in [0.3, 0.4) is 0 Å². The summed E-state index contributed by atoms with van der Waals surface area (Å²) < 4.78 is 0.585. The average Bonchev–Trinajstić information content (AvgIpc) is 2.96. The first-order valence-electron chi connectivity index (χ1n) is 11.8. The van der Waals surface area contributed by atoms with Crippen molar-refractivity contribution in [2.75, 3.05) is 0 Å². The SMILES string of the molecule is O=C(C=Cc1ccccc1)C=Cc1ccccc1.O=C(C=Cc1ccccc1)[C]([Pd])=Cc1ccccc1. The first kappa shape index (κ1) is 27.4. The summed E-state index contributed by atoms with van der Waals surface area (Å²) in [6.45, 7) is 0. The summed E-state index contributed by atoms with van der Waals surface area (Å²) in [7, 11) is 0. The number of carbonyl (C=O) groups excluding carboxylic acids is 2. The molecule has 0 unspecified atom stereocenters. The zero-order valence-electron chi connectivity index (χ0n) is 20.2. The van der Waals surface area contributed by atoms with Crippen molar-refractivity contribution in [3.63, 3.8) is 0 Å². The van der Waals surface area contributed by atoms with Crippen molar-refractivity contribution in [2.24, 2.45) is 0 Å². The molecule has 37 heavy (non-hydrogen) atoms. The Morgan fingerprint density at radius 3 is 1.16 bits per heavy atom. The van der Waals surface area contributed by atoms with Crippen LogP contribution in [0.2, 0.25) is 0 Å². The Morgan fingerprint density at radius 2 is 0.784 bits per heavy atom. The van der Waals surface area contributed by atoms with Crippen LogP contribution in [0.25, 0.3) is 24.3 Å². The maximum absolute atomic E-state index is 11.9. The molecule has 4 rings (SSSR count). The number of hydrogen-bond donors (Lipinski definition) is 0. The molecule has 0 atom stereocenters. The normalized spacial score (nSPS) is 11.5. The number of carbonyl (C=O) groups is 2. The zero-order chi connectivity index (χ0) is 26.1. The van der Waals surface area contributed by atoms with Crippen molar-refractivity contribution < 1.29 is 28.8 Å². The third kappa shape index (κ3) is 11.0. The molecule has 0 saturated heterocycles. The molecule has 0 N–H and O–H groups in total. The Labute approximate surface area is 229 Å². The molecule has 4 aromatic rings. The molecular weight excluding hydrogens is 547 g/mol. The predicted molar refractivity (Wildman–Crippen MR) is 151 cm³/mol. The molecular formula is C34H27O2Pd. The fraction of sp³-hybridized carbons (Fsp3) is 0. The van der Waals surface area contributed by atoms with E-state index < -0.39 is 0 Å². The number of allylic oxidation sites excluding steroid dienone is 4. The van der Waals surface area contributed by atoms with Gasteiger partial charge in [0.15, 0.2) is 5.78 Å². The first-order chi connectivity index (χ1) is 18.1. The second-order valence-electron chi connectivity index (χ2n) is 7.87. The Bertz CT molecular complexity index is 1320. The minimum absolute atomic E-state index is 0.0114. The molecule has 0 spiro atoms. The van der Waals surface area contributed by atoms with E-state index >= 15 is 0 Å². The molecule has 0 radical (unpaired) electrons. The van der Waals surface area contributed by atoms with E-state index in [4.69, 9.17) is 0 Å². The molecule has 0 saturated carbocycles. The monoisotopic (exact) mass is 573 g/mol. The molecule has 3 heteroatoms. The Kier molecular flexibility index (Phi) is 11.7. The van der Waals surface area contributed by atoms with E-state index in [1.807, 2.05) is 146 Å². The van der Waals surface area contributed by atoms with Crippen LogP contribution in [0, 0.1) is 0 Å². The van der Waals surface area contributed by atoms with E-state index in [9.17, 15) is 9.59 Å². The van der Waals surface area contributed by atoms with E-state index in [0.29, 0.717) is 4.05 Å². The molecule has 0 fully saturated rings. The Hall–Kier alpha value is -4.16. The third-order valence-electron chi connectivity index (χ3n) is 5.01. The molecule has 0 heterocycles. The van der Waals surface area contributed by atoms with Gasteiger partial charge in [-0.15, -0.1) is 0 Å². The van der Waals surface area contributed by atoms with Crippen LogP contribution in [-0.2, 0) is 28.8 Å². The van der Waals surface area contributed by atoms with Gasteiger partial charge in [-0.1, -0.05) is 72.8 Å². The molecule has 0 aromatic heterocycles. The van der Waals surface area contributed by atoms with Gasteiger partial charge < -0.3 is 0 Å². The summed E-state index contributed by atoms with van der Waals surface area (Å²) in [6, 6.07) is 39.1. The van der Waals surface area contributed by atoms with E-state index in [1.54, 1.807) is 18.2 Å². The third-order valence-corrected chi connectivity index (χ3v) is 5.62. The van der Waals surface area contributed by atoms with Crippen LogP contribution in [0.1, 0.15) is 22.3 Å². The van der Waals surface area contributed by atoms with Crippen LogP contribution < -0.4 is 0 Å². The van der Waals surface area contributed by atoms with Gasteiger partial charge in [0.1, 0.15) is 0 Å². The molecule has 0 bridgehead atoms. The number of hydrogen-bond acceptors (Lipinski definition) is 2. The van der Waals surface area contributed by atoms with Crippen molar-refractivity contribution in [3.05, 3.63) is 166 Å². The summed E-state index contributed by atoms with van der Waals surface area (Å²) in [5, 5.41) is 0. The van der Waals surface area contributed by atoms with Gasteiger partial charge in [0.2, 0.25) is 0 Å². The van der Waals surface area contributed by atoms with Gasteiger partial charge in [-0.3, -0.25) is 4.79 Å². The van der Waals surface area contributed by atoms with E-state index in [0.717, 1.165) is 22.3 Å². The Balaban J connectivity index is 0.000000206. The van der Waals surface area contributed by atoms with E-state index in [-0.39, 0.29) is 11.6 Å². The second kappa shape index (κ2) is 15.8. The van der Waals surface area contributed by atoms with Gasteiger partial charge >= 0.3 is 124 Å². The van der Waals surface area contributed by atoms with Crippen LogP contribution in [0.4, 0.5) is 0 Å². The van der Waals surface area contributed by atoms with Gasteiger partial charge in [0.25, 0.3) is 0 Å². The zero-order valence-corrected chi connectivity index (χ0v) is 21.8.